The smallest absolute Gasteiger partial charge is 0.271 e. The van der Waals surface area contributed by atoms with Crippen LogP contribution >= 0.6 is 12.4 Å². The number of amides is 1. The van der Waals surface area contributed by atoms with Crippen molar-refractivity contribution in [2.45, 2.75) is 49.1 Å². The summed E-state index contributed by atoms with van der Waals surface area (Å²) in [5, 5.41) is 14.1. The fraction of sp³-hybridized carbons (Fsp3) is 0.588. The number of benzene rings is 1. The molecule has 150 valence electrons. The molecule has 2 fully saturated rings. The van der Waals surface area contributed by atoms with E-state index in [-0.39, 0.29) is 34.9 Å². The predicted molar refractivity (Wildman–Crippen MR) is 103 cm³/mol. The van der Waals surface area contributed by atoms with Gasteiger partial charge in [0.2, 0.25) is 0 Å². The van der Waals surface area contributed by atoms with Gasteiger partial charge in [-0.15, -0.1) is 12.4 Å². The second-order valence-electron chi connectivity index (χ2n) is 7.43. The summed E-state index contributed by atoms with van der Waals surface area (Å²) in [5.41, 5.74) is 5.68. The first kappa shape index (κ1) is 21.6. The van der Waals surface area contributed by atoms with Crippen molar-refractivity contribution in [2.75, 3.05) is 6.26 Å². The lowest BCUT2D eigenvalue weighted by Gasteiger charge is -2.45. The molecule has 2 bridgehead atoms. The van der Waals surface area contributed by atoms with Gasteiger partial charge in [-0.05, 0) is 43.6 Å². The third-order valence-corrected chi connectivity index (χ3v) is 6.56. The number of hydrogen-bond acceptors (Lipinski definition) is 6. The number of halogens is 1. The van der Waals surface area contributed by atoms with E-state index in [1.807, 2.05) is 0 Å². The zero-order valence-corrected chi connectivity index (χ0v) is 16.6. The zero-order chi connectivity index (χ0) is 19.1. The summed E-state index contributed by atoms with van der Waals surface area (Å²) in [5.74, 6) is 0.125. The van der Waals surface area contributed by atoms with Crippen LogP contribution in [0, 0.1) is 22.0 Å². The van der Waals surface area contributed by atoms with Gasteiger partial charge in [-0.25, -0.2) is 8.42 Å². The minimum Gasteiger partial charge on any atom is -0.349 e. The SMILES string of the molecule is CS(=O)(=O)c1cc(C(=O)NC2C3CCCC2CC(N)C3)cc([N+](=O)[O-])c1.Cl. The Labute approximate surface area is 164 Å². The van der Waals surface area contributed by atoms with Crippen molar-refractivity contribution in [1.82, 2.24) is 5.32 Å². The molecule has 27 heavy (non-hydrogen) atoms. The van der Waals surface area contributed by atoms with Crippen molar-refractivity contribution in [2.24, 2.45) is 17.6 Å². The lowest BCUT2D eigenvalue weighted by atomic mass is 9.67. The number of nitrogens with zero attached hydrogens (tertiary/aromatic N) is 1. The number of non-ortho nitro benzene ring substituents is 1. The Balaban J connectivity index is 0.00000261. The van der Waals surface area contributed by atoms with Gasteiger partial charge in [-0.2, -0.15) is 0 Å². The zero-order valence-electron chi connectivity index (χ0n) is 15.0. The minimum atomic E-state index is -3.67. The predicted octanol–water partition coefficient (Wildman–Crippen LogP) is 2.06. The van der Waals surface area contributed by atoms with Gasteiger partial charge in [0.05, 0.1) is 9.82 Å². The normalized spacial score (nSPS) is 27.3. The number of nitro benzene ring substituents is 1. The van der Waals surface area contributed by atoms with Crippen LogP contribution in [0.5, 0.6) is 0 Å². The van der Waals surface area contributed by atoms with E-state index in [0.29, 0.717) is 11.8 Å². The van der Waals surface area contributed by atoms with E-state index in [4.69, 9.17) is 5.73 Å². The highest BCUT2D eigenvalue weighted by molar-refractivity contribution is 7.90. The molecule has 0 radical (unpaired) electrons. The second-order valence-corrected chi connectivity index (χ2v) is 9.44. The van der Waals surface area contributed by atoms with Crippen molar-refractivity contribution in [1.29, 1.82) is 0 Å². The Kier molecular flexibility index (Phi) is 6.49. The molecule has 10 heteroatoms. The maximum absolute atomic E-state index is 12.7. The number of nitro groups is 1. The van der Waals surface area contributed by atoms with Gasteiger partial charge in [0.1, 0.15) is 0 Å². The molecular formula is C17H24ClN3O5S. The molecule has 0 spiro atoms. The van der Waals surface area contributed by atoms with Gasteiger partial charge in [0, 0.05) is 36.0 Å². The second kappa shape index (κ2) is 8.12. The molecule has 0 aliphatic heterocycles. The molecule has 1 aromatic rings. The molecule has 2 aliphatic rings. The number of fused-ring (bicyclic) bond motifs is 2. The third kappa shape index (κ3) is 4.77. The van der Waals surface area contributed by atoms with E-state index in [1.54, 1.807) is 0 Å². The van der Waals surface area contributed by atoms with Crippen molar-refractivity contribution in [3.63, 3.8) is 0 Å². The minimum absolute atomic E-state index is 0. The Morgan fingerprint density at radius 3 is 2.33 bits per heavy atom. The summed E-state index contributed by atoms with van der Waals surface area (Å²) in [6.45, 7) is 0. The van der Waals surface area contributed by atoms with E-state index in [2.05, 4.69) is 5.32 Å². The van der Waals surface area contributed by atoms with Crippen molar-refractivity contribution in [3.8, 4) is 0 Å². The molecule has 3 rings (SSSR count). The van der Waals surface area contributed by atoms with Crippen LogP contribution in [0.25, 0.3) is 0 Å². The van der Waals surface area contributed by atoms with Crippen molar-refractivity contribution >= 4 is 33.8 Å². The van der Waals surface area contributed by atoms with Gasteiger partial charge in [0.25, 0.3) is 11.6 Å². The fourth-order valence-corrected chi connectivity index (χ4v) is 4.97. The Hall–Kier alpha value is -1.71. The van der Waals surface area contributed by atoms with Crippen molar-refractivity contribution < 1.29 is 18.1 Å². The Bertz CT molecular complexity index is 831. The summed E-state index contributed by atoms with van der Waals surface area (Å²) < 4.78 is 23.6. The topological polar surface area (TPSA) is 132 Å². The van der Waals surface area contributed by atoms with Crippen molar-refractivity contribution in [3.05, 3.63) is 33.9 Å². The summed E-state index contributed by atoms with van der Waals surface area (Å²) in [6, 6.07) is 3.42. The molecule has 2 saturated carbocycles. The summed E-state index contributed by atoms with van der Waals surface area (Å²) in [6.07, 6.45) is 5.78. The van der Waals surface area contributed by atoms with Gasteiger partial charge in [-0.1, -0.05) is 6.42 Å². The van der Waals surface area contributed by atoms with Gasteiger partial charge in [-0.3, -0.25) is 14.9 Å². The number of sulfone groups is 1. The summed E-state index contributed by atoms with van der Waals surface area (Å²) in [4.78, 5) is 22.9. The van der Waals surface area contributed by atoms with Crippen LogP contribution in [0.2, 0.25) is 0 Å². The van der Waals surface area contributed by atoms with Crippen LogP contribution in [0.4, 0.5) is 5.69 Å². The van der Waals surface area contributed by atoms with E-state index in [0.717, 1.165) is 50.5 Å². The third-order valence-electron chi connectivity index (χ3n) is 5.47. The fourth-order valence-electron chi connectivity index (χ4n) is 4.29. The molecule has 0 aromatic heterocycles. The number of hydrogen-bond donors (Lipinski definition) is 2. The average molecular weight is 418 g/mol. The number of rotatable bonds is 4. The number of carbonyl (C=O) groups excluding carboxylic acids is 1. The summed E-state index contributed by atoms with van der Waals surface area (Å²) >= 11 is 0. The quantitative estimate of drug-likeness (QED) is 0.569. The number of carbonyl (C=O) groups is 1. The molecule has 2 aliphatic carbocycles. The monoisotopic (exact) mass is 417 g/mol. The van der Waals surface area contributed by atoms with Crippen LogP contribution in [-0.2, 0) is 9.84 Å². The molecular weight excluding hydrogens is 394 g/mol. The maximum Gasteiger partial charge on any atom is 0.271 e. The van der Waals surface area contributed by atoms with Crippen LogP contribution in [0.15, 0.2) is 23.1 Å². The lowest BCUT2D eigenvalue weighted by molar-refractivity contribution is -0.385. The largest absolute Gasteiger partial charge is 0.349 e. The highest BCUT2D eigenvalue weighted by Gasteiger charge is 2.40. The number of nitrogens with two attached hydrogens (primary N) is 1. The van der Waals surface area contributed by atoms with E-state index < -0.39 is 26.4 Å². The van der Waals surface area contributed by atoms with E-state index >= 15 is 0 Å². The van der Waals surface area contributed by atoms with Crippen LogP contribution < -0.4 is 11.1 Å². The lowest BCUT2D eigenvalue weighted by Crippen LogP contribution is -2.53. The molecule has 1 aromatic carbocycles. The Morgan fingerprint density at radius 2 is 1.81 bits per heavy atom. The highest BCUT2D eigenvalue weighted by Crippen LogP contribution is 2.39. The molecule has 2 unspecified atom stereocenters. The standard InChI is InChI=1S/C17H23N3O5S.ClH/c1-26(24,25)15-8-12(7-14(9-15)20(22)23)17(21)19-16-10-3-2-4-11(16)6-13(18)5-10;/h7-11,13,16H,2-6,18H2,1H3,(H,19,21);1H. The maximum atomic E-state index is 12.7. The first-order chi connectivity index (χ1) is 12.1. The molecule has 3 N–H and O–H groups in total. The van der Waals surface area contributed by atoms with Gasteiger partial charge >= 0.3 is 0 Å². The van der Waals surface area contributed by atoms with Crippen LogP contribution in [-0.4, -0.2) is 37.6 Å². The Morgan fingerprint density at radius 1 is 1.22 bits per heavy atom. The molecule has 2 atom stereocenters. The first-order valence-corrected chi connectivity index (χ1v) is 10.6. The molecule has 8 nitrogen and oxygen atoms in total. The summed E-state index contributed by atoms with van der Waals surface area (Å²) in [7, 11) is -3.67. The van der Waals surface area contributed by atoms with Gasteiger partial charge < -0.3 is 11.1 Å². The van der Waals surface area contributed by atoms with E-state index in [9.17, 15) is 23.3 Å². The molecule has 0 heterocycles. The number of nitrogens with one attached hydrogen (secondary N) is 1. The van der Waals surface area contributed by atoms with Crippen LogP contribution in [0.1, 0.15) is 42.5 Å². The first-order valence-electron chi connectivity index (χ1n) is 8.71. The van der Waals surface area contributed by atoms with Crippen LogP contribution in [0.3, 0.4) is 0 Å². The molecule has 1 amide bonds. The van der Waals surface area contributed by atoms with Gasteiger partial charge in [0.15, 0.2) is 9.84 Å². The van der Waals surface area contributed by atoms with E-state index in [1.165, 1.54) is 6.07 Å². The highest BCUT2D eigenvalue weighted by atomic mass is 35.5. The average Bonchev–Trinajstić information content (AvgIpc) is 2.54. The molecule has 0 saturated heterocycles.